The van der Waals surface area contributed by atoms with Gasteiger partial charge in [0.1, 0.15) is 18.1 Å². The second-order valence-corrected chi connectivity index (χ2v) is 7.95. The van der Waals surface area contributed by atoms with Gasteiger partial charge in [-0.3, -0.25) is 0 Å². The van der Waals surface area contributed by atoms with Gasteiger partial charge in [0.05, 0.1) is 7.11 Å². The van der Waals surface area contributed by atoms with Gasteiger partial charge >= 0.3 is 0 Å². The number of aliphatic hydroxyl groups is 1. The Morgan fingerprint density at radius 3 is 1.91 bits per heavy atom. The molecule has 0 bridgehead atoms. The monoisotopic (exact) mass is 431 g/mol. The van der Waals surface area contributed by atoms with Crippen molar-refractivity contribution < 1.29 is 14.6 Å². The van der Waals surface area contributed by atoms with Crippen LogP contribution in [0.15, 0.2) is 78.9 Å². The van der Waals surface area contributed by atoms with Crippen LogP contribution in [-0.4, -0.2) is 51.0 Å². The van der Waals surface area contributed by atoms with Crippen molar-refractivity contribution in [2.75, 3.05) is 41.0 Å². The first-order valence-corrected chi connectivity index (χ1v) is 11.0. The van der Waals surface area contributed by atoms with Gasteiger partial charge in [0.2, 0.25) is 0 Å². The van der Waals surface area contributed by atoms with Crippen molar-refractivity contribution in [3.8, 4) is 11.5 Å². The predicted octanol–water partition coefficient (Wildman–Crippen LogP) is 5.37. The molecule has 0 heterocycles. The molecule has 1 N–H and O–H groups in total. The normalized spacial score (nSPS) is 11.9. The van der Waals surface area contributed by atoms with Crippen LogP contribution in [-0.2, 0) is 0 Å². The molecule has 0 atom stereocenters. The van der Waals surface area contributed by atoms with Gasteiger partial charge < -0.3 is 19.5 Å². The van der Waals surface area contributed by atoms with Gasteiger partial charge in [-0.25, -0.2) is 0 Å². The minimum absolute atomic E-state index is 0.158. The summed E-state index contributed by atoms with van der Waals surface area (Å²) in [5.41, 5.74) is 5.77. The lowest BCUT2D eigenvalue weighted by Gasteiger charge is -2.18. The molecular formula is C28H33NO3. The van der Waals surface area contributed by atoms with E-state index in [1.165, 1.54) is 5.57 Å². The zero-order valence-electron chi connectivity index (χ0n) is 19.3. The van der Waals surface area contributed by atoms with E-state index in [1.54, 1.807) is 7.11 Å². The maximum atomic E-state index is 9.55. The molecular weight excluding hydrogens is 398 g/mol. The van der Waals surface area contributed by atoms with Gasteiger partial charge in [0.25, 0.3) is 0 Å². The van der Waals surface area contributed by atoms with Gasteiger partial charge in [0, 0.05) is 13.2 Å². The summed E-state index contributed by atoms with van der Waals surface area (Å²) in [6.45, 7) is 1.68. The summed E-state index contributed by atoms with van der Waals surface area (Å²) in [6.07, 6.45) is 1.48. The number of ether oxygens (including phenoxy) is 2. The smallest absolute Gasteiger partial charge is 0.119 e. The number of hydrogen-bond donors (Lipinski definition) is 1. The van der Waals surface area contributed by atoms with E-state index in [1.807, 2.05) is 44.4 Å². The van der Waals surface area contributed by atoms with Crippen molar-refractivity contribution in [1.82, 2.24) is 4.90 Å². The molecule has 0 radical (unpaired) electrons. The number of nitrogens with zero attached hydrogens (tertiary/aromatic N) is 1. The molecule has 0 aliphatic heterocycles. The number of allylic oxidation sites excluding steroid dienone is 1. The number of aliphatic hydroxyl groups excluding tert-OH is 1. The number of likely N-dealkylation sites (N-methyl/N-ethyl adjacent to an activating group) is 1. The number of rotatable bonds is 11. The molecule has 4 heteroatoms. The van der Waals surface area contributed by atoms with Crippen molar-refractivity contribution in [2.24, 2.45) is 0 Å². The standard InChI is InChI=1S/C28H33NO3/c1-29(2)19-21-32-26-17-13-24(14-18-26)28(23-11-15-25(31-3)16-12-23)27(10-7-20-30)22-8-5-4-6-9-22/h4-6,8-9,11-18,30H,7,10,19-21H2,1-3H3. The number of methoxy groups -OCH3 is 1. The summed E-state index contributed by atoms with van der Waals surface area (Å²) < 4.78 is 11.3. The number of hydrogen-bond acceptors (Lipinski definition) is 4. The minimum Gasteiger partial charge on any atom is -0.497 e. The quantitative estimate of drug-likeness (QED) is 0.415. The van der Waals surface area contributed by atoms with E-state index in [4.69, 9.17) is 9.47 Å². The van der Waals surface area contributed by atoms with Gasteiger partial charge in [-0.15, -0.1) is 0 Å². The molecule has 0 amide bonds. The summed E-state index contributed by atoms with van der Waals surface area (Å²) in [5, 5.41) is 9.55. The van der Waals surface area contributed by atoms with Crippen molar-refractivity contribution in [2.45, 2.75) is 12.8 Å². The summed E-state index contributed by atoms with van der Waals surface area (Å²) in [5.74, 6) is 1.69. The van der Waals surface area contributed by atoms with Crippen LogP contribution in [0, 0.1) is 0 Å². The van der Waals surface area contributed by atoms with Crippen molar-refractivity contribution in [3.63, 3.8) is 0 Å². The van der Waals surface area contributed by atoms with Crippen LogP contribution in [0.25, 0.3) is 11.1 Å². The molecule has 0 saturated carbocycles. The van der Waals surface area contributed by atoms with Crippen molar-refractivity contribution in [1.29, 1.82) is 0 Å². The van der Waals surface area contributed by atoms with E-state index in [9.17, 15) is 5.11 Å². The van der Waals surface area contributed by atoms with Crippen LogP contribution < -0.4 is 9.47 Å². The average Bonchev–Trinajstić information content (AvgIpc) is 2.83. The van der Waals surface area contributed by atoms with Gasteiger partial charge in [-0.1, -0.05) is 54.6 Å². The highest BCUT2D eigenvalue weighted by Crippen LogP contribution is 2.36. The molecule has 0 saturated heterocycles. The van der Waals surface area contributed by atoms with E-state index >= 15 is 0 Å². The molecule has 0 spiro atoms. The SMILES string of the molecule is COc1ccc(C(=C(CCCO)c2ccccc2)c2ccc(OCCN(C)C)cc2)cc1. The van der Waals surface area contributed by atoms with Crippen LogP contribution in [0.1, 0.15) is 29.5 Å². The Balaban J connectivity index is 2.06. The zero-order valence-corrected chi connectivity index (χ0v) is 19.3. The molecule has 32 heavy (non-hydrogen) atoms. The fourth-order valence-electron chi connectivity index (χ4n) is 3.65. The zero-order chi connectivity index (χ0) is 22.8. The highest BCUT2D eigenvalue weighted by Gasteiger charge is 2.14. The third kappa shape index (κ3) is 6.46. The molecule has 3 aromatic carbocycles. The Hall–Kier alpha value is -3.08. The molecule has 3 rings (SSSR count). The lowest BCUT2D eigenvalue weighted by molar-refractivity contribution is 0.261. The summed E-state index contributed by atoms with van der Waals surface area (Å²) in [4.78, 5) is 2.10. The molecule has 3 aromatic rings. The van der Waals surface area contributed by atoms with Crippen LogP contribution in [0.2, 0.25) is 0 Å². The fraction of sp³-hybridized carbons (Fsp3) is 0.286. The Kier molecular flexibility index (Phi) is 8.90. The van der Waals surface area contributed by atoms with E-state index < -0.39 is 0 Å². The molecule has 0 aromatic heterocycles. The predicted molar refractivity (Wildman–Crippen MR) is 132 cm³/mol. The number of benzene rings is 3. The highest BCUT2D eigenvalue weighted by molar-refractivity contribution is 5.98. The lowest BCUT2D eigenvalue weighted by atomic mass is 9.87. The molecule has 4 nitrogen and oxygen atoms in total. The van der Waals surface area contributed by atoms with Gasteiger partial charge in [-0.05, 0) is 79.0 Å². The highest BCUT2D eigenvalue weighted by atomic mass is 16.5. The van der Waals surface area contributed by atoms with Crippen LogP contribution in [0.3, 0.4) is 0 Å². The summed E-state index contributed by atoms with van der Waals surface area (Å²) >= 11 is 0. The fourth-order valence-corrected chi connectivity index (χ4v) is 3.65. The summed E-state index contributed by atoms with van der Waals surface area (Å²) in [6, 6.07) is 26.9. The topological polar surface area (TPSA) is 41.9 Å². The van der Waals surface area contributed by atoms with E-state index in [0.717, 1.165) is 46.7 Å². The van der Waals surface area contributed by atoms with E-state index in [0.29, 0.717) is 13.0 Å². The first-order chi connectivity index (χ1) is 15.6. The Labute approximate surface area is 191 Å². The maximum Gasteiger partial charge on any atom is 0.119 e. The molecule has 168 valence electrons. The Morgan fingerprint density at radius 1 is 0.781 bits per heavy atom. The largest absolute Gasteiger partial charge is 0.497 e. The van der Waals surface area contributed by atoms with Crippen molar-refractivity contribution >= 4 is 11.1 Å². The Morgan fingerprint density at radius 2 is 1.38 bits per heavy atom. The molecule has 0 aliphatic carbocycles. The first-order valence-electron chi connectivity index (χ1n) is 11.0. The van der Waals surface area contributed by atoms with Crippen LogP contribution in [0.5, 0.6) is 11.5 Å². The molecule has 0 unspecified atom stereocenters. The van der Waals surface area contributed by atoms with Crippen LogP contribution in [0.4, 0.5) is 0 Å². The summed E-state index contributed by atoms with van der Waals surface area (Å²) in [7, 11) is 5.75. The maximum absolute atomic E-state index is 9.55. The minimum atomic E-state index is 0.158. The second-order valence-electron chi connectivity index (χ2n) is 7.95. The van der Waals surface area contributed by atoms with Crippen molar-refractivity contribution in [3.05, 3.63) is 95.6 Å². The van der Waals surface area contributed by atoms with Gasteiger partial charge in [0.15, 0.2) is 0 Å². The molecule has 0 fully saturated rings. The lowest BCUT2D eigenvalue weighted by Crippen LogP contribution is -2.19. The second kappa shape index (κ2) is 12.1. The van der Waals surface area contributed by atoms with Gasteiger partial charge in [-0.2, -0.15) is 0 Å². The van der Waals surface area contributed by atoms with E-state index in [2.05, 4.69) is 53.4 Å². The Bertz CT molecular complexity index is 977. The first kappa shape index (κ1) is 23.6. The van der Waals surface area contributed by atoms with Crippen LogP contribution >= 0.6 is 0 Å². The average molecular weight is 432 g/mol. The third-order valence-electron chi connectivity index (χ3n) is 5.34. The third-order valence-corrected chi connectivity index (χ3v) is 5.34. The van der Waals surface area contributed by atoms with E-state index in [-0.39, 0.29) is 6.61 Å². The molecule has 0 aliphatic rings.